The molecule has 158 valence electrons. The van der Waals surface area contributed by atoms with Gasteiger partial charge in [-0.15, -0.1) is 0 Å². The van der Waals surface area contributed by atoms with Crippen LogP contribution in [0.25, 0.3) is 0 Å². The second-order valence-electron chi connectivity index (χ2n) is 8.40. The molecule has 1 aliphatic carbocycles. The van der Waals surface area contributed by atoms with Crippen molar-refractivity contribution in [2.45, 2.75) is 37.6 Å². The van der Waals surface area contributed by atoms with Gasteiger partial charge in [-0.3, -0.25) is 4.79 Å². The van der Waals surface area contributed by atoms with Crippen LogP contribution in [0.15, 0.2) is 30.3 Å². The Balaban J connectivity index is 1.53. The van der Waals surface area contributed by atoms with E-state index in [0.29, 0.717) is 36.8 Å². The standard InChI is InChI=1S/C24H27NO5/c1-27-18-9-16(10-19(12-18)28-2)23(26)25-14-17-11-21-22(30-8-7-29-21)13-20(17)24(15-25)5-3-4-6-24/h9-13H,3-8,14-15H2,1-2H3. The first-order chi connectivity index (χ1) is 14.6. The van der Waals surface area contributed by atoms with Crippen LogP contribution in [-0.4, -0.2) is 44.8 Å². The van der Waals surface area contributed by atoms with Crippen molar-refractivity contribution in [3.8, 4) is 23.0 Å². The molecule has 0 radical (unpaired) electrons. The monoisotopic (exact) mass is 409 g/mol. The molecule has 0 unspecified atom stereocenters. The van der Waals surface area contributed by atoms with Crippen LogP contribution >= 0.6 is 0 Å². The maximum absolute atomic E-state index is 13.5. The molecule has 3 aliphatic rings. The van der Waals surface area contributed by atoms with Crippen molar-refractivity contribution in [2.24, 2.45) is 0 Å². The number of benzene rings is 2. The van der Waals surface area contributed by atoms with E-state index in [0.717, 1.165) is 36.4 Å². The molecule has 6 heteroatoms. The lowest BCUT2D eigenvalue weighted by Crippen LogP contribution is -2.46. The summed E-state index contributed by atoms with van der Waals surface area (Å²) < 4.78 is 22.4. The number of nitrogens with zero attached hydrogens (tertiary/aromatic N) is 1. The number of ether oxygens (including phenoxy) is 4. The molecule has 0 aromatic heterocycles. The zero-order valence-electron chi connectivity index (χ0n) is 17.5. The zero-order valence-corrected chi connectivity index (χ0v) is 17.5. The summed E-state index contributed by atoms with van der Waals surface area (Å²) in [6.07, 6.45) is 4.54. The van der Waals surface area contributed by atoms with E-state index in [-0.39, 0.29) is 11.3 Å². The Kier molecular flexibility index (Phi) is 4.72. The van der Waals surface area contributed by atoms with E-state index in [9.17, 15) is 4.79 Å². The lowest BCUT2D eigenvalue weighted by atomic mass is 9.73. The highest BCUT2D eigenvalue weighted by Gasteiger charge is 2.44. The van der Waals surface area contributed by atoms with E-state index >= 15 is 0 Å². The van der Waals surface area contributed by atoms with Gasteiger partial charge in [-0.2, -0.15) is 0 Å². The van der Waals surface area contributed by atoms with Crippen molar-refractivity contribution in [1.82, 2.24) is 4.90 Å². The summed E-state index contributed by atoms with van der Waals surface area (Å²) in [6, 6.07) is 9.60. The van der Waals surface area contributed by atoms with Crippen molar-refractivity contribution in [3.05, 3.63) is 47.0 Å². The van der Waals surface area contributed by atoms with Gasteiger partial charge in [-0.05, 0) is 48.2 Å². The normalized spacial score (nSPS) is 18.8. The summed E-state index contributed by atoms with van der Waals surface area (Å²) in [5, 5.41) is 0. The van der Waals surface area contributed by atoms with Crippen LogP contribution in [0, 0.1) is 0 Å². The van der Waals surface area contributed by atoms with E-state index in [2.05, 4.69) is 12.1 Å². The number of carbonyl (C=O) groups excluding carboxylic acids is 1. The molecule has 2 heterocycles. The maximum atomic E-state index is 13.5. The highest BCUT2D eigenvalue weighted by Crippen LogP contribution is 2.49. The van der Waals surface area contributed by atoms with Crippen molar-refractivity contribution in [3.63, 3.8) is 0 Å². The van der Waals surface area contributed by atoms with Crippen LogP contribution < -0.4 is 18.9 Å². The highest BCUT2D eigenvalue weighted by molar-refractivity contribution is 5.95. The molecule has 2 aromatic carbocycles. The second-order valence-corrected chi connectivity index (χ2v) is 8.40. The molecule has 0 saturated heterocycles. The molecule has 0 bridgehead atoms. The van der Waals surface area contributed by atoms with E-state index in [1.165, 1.54) is 18.4 Å². The first kappa shape index (κ1) is 19.1. The molecule has 2 aromatic rings. The SMILES string of the molecule is COc1cc(OC)cc(C(=O)N2Cc3cc4c(cc3C3(CCCC3)C2)OCCO4)c1. The minimum Gasteiger partial charge on any atom is -0.497 e. The van der Waals surface area contributed by atoms with Gasteiger partial charge in [0.2, 0.25) is 0 Å². The number of rotatable bonds is 3. The van der Waals surface area contributed by atoms with Crippen LogP contribution in [-0.2, 0) is 12.0 Å². The molecule has 2 aliphatic heterocycles. The van der Waals surface area contributed by atoms with Gasteiger partial charge in [0.15, 0.2) is 11.5 Å². The molecule has 1 fully saturated rings. The van der Waals surface area contributed by atoms with E-state index in [1.54, 1.807) is 32.4 Å². The molecule has 30 heavy (non-hydrogen) atoms. The summed E-state index contributed by atoms with van der Waals surface area (Å²) >= 11 is 0. The summed E-state index contributed by atoms with van der Waals surface area (Å²) in [6.45, 7) is 2.42. The second kappa shape index (κ2) is 7.42. The lowest BCUT2D eigenvalue weighted by molar-refractivity contribution is 0.0668. The number of amides is 1. The highest BCUT2D eigenvalue weighted by atomic mass is 16.6. The third kappa shape index (κ3) is 3.15. The zero-order chi connectivity index (χ0) is 20.7. The molecule has 6 nitrogen and oxygen atoms in total. The first-order valence-electron chi connectivity index (χ1n) is 10.6. The molecule has 1 amide bonds. The number of methoxy groups -OCH3 is 2. The Bertz CT molecular complexity index is 958. The van der Waals surface area contributed by atoms with Crippen molar-refractivity contribution < 1.29 is 23.7 Å². The summed E-state index contributed by atoms with van der Waals surface area (Å²) in [5.74, 6) is 2.85. The maximum Gasteiger partial charge on any atom is 0.254 e. The third-order valence-corrected chi connectivity index (χ3v) is 6.64. The van der Waals surface area contributed by atoms with Gasteiger partial charge in [-0.25, -0.2) is 0 Å². The van der Waals surface area contributed by atoms with Crippen LogP contribution in [0.3, 0.4) is 0 Å². The average molecular weight is 409 g/mol. The Morgan fingerprint density at radius 3 is 2.20 bits per heavy atom. The fourth-order valence-corrected chi connectivity index (χ4v) is 5.20. The third-order valence-electron chi connectivity index (χ3n) is 6.64. The molecular formula is C24H27NO5. The molecule has 1 spiro atoms. The lowest BCUT2D eigenvalue weighted by Gasteiger charge is -2.43. The largest absolute Gasteiger partial charge is 0.497 e. The van der Waals surface area contributed by atoms with Gasteiger partial charge in [0, 0.05) is 30.1 Å². The quantitative estimate of drug-likeness (QED) is 0.769. The van der Waals surface area contributed by atoms with Crippen LogP contribution in [0.1, 0.15) is 47.2 Å². The Morgan fingerprint density at radius 2 is 1.57 bits per heavy atom. The van der Waals surface area contributed by atoms with Crippen LogP contribution in [0.2, 0.25) is 0 Å². The van der Waals surface area contributed by atoms with Crippen molar-refractivity contribution in [1.29, 1.82) is 0 Å². The fourth-order valence-electron chi connectivity index (χ4n) is 5.20. The fraction of sp³-hybridized carbons (Fsp3) is 0.458. The average Bonchev–Trinajstić information content (AvgIpc) is 3.25. The van der Waals surface area contributed by atoms with E-state index < -0.39 is 0 Å². The van der Waals surface area contributed by atoms with Gasteiger partial charge >= 0.3 is 0 Å². The number of hydrogen-bond acceptors (Lipinski definition) is 5. The minimum atomic E-state index is -0.0119. The van der Waals surface area contributed by atoms with Gasteiger partial charge < -0.3 is 23.8 Å². The molecule has 5 rings (SSSR count). The van der Waals surface area contributed by atoms with E-state index in [1.807, 2.05) is 4.90 Å². The summed E-state index contributed by atoms with van der Waals surface area (Å²) in [7, 11) is 3.19. The summed E-state index contributed by atoms with van der Waals surface area (Å²) in [5.41, 5.74) is 3.06. The molecule has 0 atom stereocenters. The molecular weight excluding hydrogens is 382 g/mol. The molecule has 1 saturated carbocycles. The van der Waals surface area contributed by atoms with Crippen LogP contribution in [0.4, 0.5) is 0 Å². The Labute approximate surface area is 176 Å². The first-order valence-corrected chi connectivity index (χ1v) is 10.6. The predicted octanol–water partition coefficient (Wildman–Crippen LogP) is 3.94. The van der Waals surface area contributed by atoms with Gasteiger partial charge in [-0.1, -0.05) is 12.8 Å². The minimum absolute atomic E-state index is 0.000913. The summed E-state index contributed by atoms with van der Waals surface area (Å²) in [4.78, 5) is 15.5. The number of fused-ring (bicyclic) bond motifs is 3. The van der Waals surface area contributed by atoms with Gasteiger partial charge in [0.1, 0.15) is 24.7 Å². The van der Waals surface area contributed by atoms with E-state index in [4.69, 9.17) is 18.9 Å². The Morgan fingerprint density at radius 1 is 0.933 bits per heavy atom. The predicted molar refractivity (Wildman–Crippen MR) is 112 cm³/mol. The van der Waals surface area contributed by atoms with Crippen molar-refractivity contribution >= 4 is 5.91 Å². The van der Waals surface area contributed by atoms with Crippen LogP contribution in [0.5, 0.6) is 23.0 Å². The van der Waals surface area contributed by atoms with Gasteiger partial charge in [0.05, 0.1) is 14.2 Å². The molecule has 0 N–H and O–H groups in total. The number of hydrogen-bond donors (Lipinski definition) is 0. The Hall–Kier alpha value is -2.89. The smallest absolute Gasteiger partial charge is 0.254 e. The van der Waals surface area contributed by atoms with Crippen molar-refractivity contribution in [2.75, 3.05) is 34.0 Å². The topological polar surface area (TPSA) is 57.2 Å². The van der Waals surface area contributed by atoms with Gasteiger partial charge in [0.25, 0.3) is 5.91 Å². The number of carbonyl (C=O) groups is 1.